The van der Waals surface area contributed by atoms with Crippen LogP contribution in [0.5, 0.6) is 0 Å². The highest BCUT2D eigenvalue weighted by atomic mass is 79.9. The molecule has 0 saturated carbocycles. The topological polar surface area (TPSA) is 60.8 Å². The van der Waals surface area contributed by atoms with Gasteiger partial charge in [-0.15, -0.1) is 0 Å². The number of rotatable bonds is 3. The van der Waals surface area contributed by atoms with Crippen LogP contribution in [-0.4, -0.2) is 39.8 Å². The minimum absolute atomic E-state index is 0.180. The zero-order valence-electron chi connectivity index (χ0n) is 9.51. The Morgan fingerprint density at radius 3 is 2.94 bits per heavy atom. The van der Waals surface area contributed by atoms with Crippen molar-refractivity contribution in [2.75, 3.05) is 6.54 Å². The first-order valence-electron chi connectivity index (χ1n) is 5.56. The highest BCUT2D eigenvalue weighted by Crippen LogP contribution is 2.23. The Bertz CT molecular complexity index is 469. The fraction of sp³-hybridized carbons (Fsp3) is 0.417. The number of nitrogens with zero attached hydrogens (tertiary/aromatic N) is 1. The number of aliphatic hydroxyl groups excluding tert-OH is 1. The fourth-order valence-corrected chi connectivity index (χ4v) is 2.60. The largest absolute Gasteiger partial charge is 0.480 e. The van der Waals surface area contributed by atoms with Gasteiger partial charge >= 0.3 is 5.97 Å². The van der Waals surface area contributed by atoms with Crippen LogP contribution < -0.4 is 0 Å². The van der Waals surface area contributed by atoms with Crippen LogP contribution in [0.25, 0.3) is 0 Å². The summed E-state index contributed by atoms with van der Waals surface area (Å²) in [6.45, 7) is 0.433. The van der Waals surface area contributed by atoms with E-state index in [1.165, 1.54) is 6.07 Å². The SMILES string of the molecule is O=C(O)C1CC(O)CN1Cc1cc(Br)ccc1F. The van der Waals surface area contributed by atoms with Crippen LogP contribution in [0.1, 0.15) is 12.0 Å². The minimum Gasteiger partial charge on any atom is -0.480 e. The fourth-order valence-electron chi connectivity index (χ4n) is 2.19. The number of benzene rings is 1. The molecule has 18 heavy (non-hydrogen) atoms. The molecule has 2 rings (SSSR count). The van der Waals surface area contributed by atoms with Gasteiger partial charge in [0, 0.05) is 29.5 Å². The molecule has 0 aliphatic carbocycles. The van der Waals surface area contributed by atoms with Crippen molar-refractivity contribution in [2.45, 2.75) is 25.1 Å². The second kappa shape index (κ2) is 5.34. The molecule has 1 aromatic carbocycles. The average Bonchev–Trinajstić information content (AvgIpc) is 2.65. The van der Waals surface area contributed by atoms with Gasteiger partial charge in [-0.1, -0.05) is 15.9 Å². The molecule has 6 heteroatoms. The molecule has 2 unspecified atom stereocenters. The molecule has 1 aliphatic rings. The van der Waals surface area contributed by atoms with Gasteiger partial charge in [0.2, 0.25) is 0 Å². The van der Waals surface area contributed by atoms with E-state index in [0.29, 0.717) is 5.56 Å². The van der Waals surface area contributed by atoms with Crippen molar-refractivity contribution in [3.63, 3.8) is 0 Å². The summed E-state index contributed by atoms with van der Waals surface area (Å²) in [4.78, 5) is 12.6. The van der Waals surface area contributed by atoms with Crippen LogP contribution in [0.15, 0.2) is 22.7 Å². The monoisotopic (exact) mass is 317 g/mol. The zero-order valence-corrected chi connectivity index (χ0v) is 11.1. The van der Waals surface area contributed by atoms with Gasteiger partial charge in [0.1, 0.15) is 11.9 Å². The number of hydrogen-bond acceptors (Lipinski definition) is 3. The molecule has 1 aliphatic heterocycles. The van der Waals surface area contributed by atoms with E-state index >= 15 is 0 Å². The number of halogens is 2. The van der Waals surface area contributed by atoms with E-state index in [-0.39, 0.29) is 25.3 Å². The Morgan fingerprint density at radius 2 is 2.28 bits per heavy atom. The second-order valence-electron chi connectivity index (χ2n) is 4.41. The summed E-state index contributed by atoms with van der Waals surface area (Å²) in [6, 6.07) is 3.80. The third kappa shape index (κ3) is 2.88. The van der Waals surface area contributed by atoms with Crippen LogP contribution in [0, 0.1) is 5.82 Å². The highest BCUT2D eigenvalue weighted by molar-refractivity contribution is 9.10. The summed E-state index contributed by atoms with van der Waals surface area (Å²) in [6.07, 6.45) is -0.480. The summed E-state index contributed by atoms with van der Waals surface area (Å²) in [7, 11) is 0. The Balaban J connectivity index is 2.17. The highest BCUT2D eigenvalue weighted by Gasteiger charge is 2.36. The Kier molecular flexibility index (Phi) is 3.99. The van der Waals surface area contributed by atoms with Crippen molar-refractivity contribution in [2.24, 2.45) is 0 Å². The first-order valence-corrected chi connectivity index (χ1v) is 6.35. The van der Waals surface area contributed by atoms with Gasteiger partial charge < -0.3 is 10.2 Å². The number of aliphatic carboxylic acids is 1. The number of hydrogen-bond donors (Lipinski definition) is 2. The number of carboxylic acids is 1. The van der Waals surface area contributed by atoms with E-state index in [1.54, 1.807) is 17.0 Å². The summed E-state index contributed by atoms with van der Waals surface area (Å²) in [5.41, 5.74) is 0.421. The molecule has 0 spiro atoms. The lowest BCUT2D eigenvalue weighted by molar-refractivity contribution is -0.142. The van der Waals surface area contributed by atoms with Crippen LogP contribution in [0.3, 0.4) is 0 Å². The standard InChI is InChI=1S/C12H13BrFNO3/c13-8-1-2-10(14)7(3-8)5-15-6-9(16)4-11(15)12(17)18/h1-3,9,11,16H,4-6H2,(H,17,18). The van der Waals surface area contributed by atoms with Gasteiger partial charge in [0.25, 0.3) is 0 Å². The second-order valence-corrected chi connectivity index (χ2v) is 5.32. The van der Waals surface area contributed by atoms with Gasteiger partial charge in [-0.3, -0.25) is 9.69 Å². The van der Waals surface area contributed by atoms with Crippen molar-refractivity contribution in [1.29, 1.82) is 0 Å². The summed E-state index contributed by atoms with van der Waals surface area (Å²) in [5, 5.41) is 18.6. The van der Waals surface area contributed by atoms with E-state index in [4.69, 9.17) is 5.11 Å². The van der Waals surface area contributed by atoms with E-state index in [2.05, 4.69) is 15.9 Å². The van der Waals surface area contributed by atoms with Crippen LogP contribution >= 0.6 is 15.9 Å². The molecule has 1 fully saturated rings. The van der Waals surface area contributed by atoms with Crippen molar-refractivity contribution in [3.8, 4) is 0 Å². The van der Waals surface area contributed by atoms with E-state index < -0.39 is 18.1 Å². The Labute approximate surface area is 112 Å². The van der Waals surface area contributed by atoms with Crippen molar-refractivity contribution in [1.82, 2.24) is 4.90 Å². The van der Waals surface area contributed by atoms with Crippen molar-refractivity contribution in [3.05, 3.63) is 34.1 Å². The molecule has 4 nitrogen and oxygen atoms in total. The maximum atomic E-state index is 13.6. The molecule has 0 bridgehead atoms. The summed E-state index contributed by atoms with van der Waals surface area (Å²) in [5.74, 6) is -1.36. The first-order chi connectivity index (χ1) is 8.47. The van der Waals surface area contributed by atoms with Crippen LogP contribution in [-0.2, 0) is 11.3 Å². The average molecular weight is 318 g/mol. The van der Waals surface area contributed by atoms with Gasteiger partial charge in [-0.2, -0.15) is 0 Å². The minimum atomic E-state index is -0.984. The van der Waals surface area contributed by atoms with Gasteiger partial charge in [0.05, 0.1) is 6.10 Å². The smallest absolute Gasteiger partial charge is 0.321 e. The normalized spacial score (nSPS) is 24.4. The summed E-state index contributed by atoms with van der Waals surface area (Å²) >= 11 is 3.25. The molecule has 1 heterocycles. The molecule has 1 saturated heterocycles. The van der Waals surface area contributed by atoms with Crippen molar-refractivity contribution >= 4 is 21.9 Å². The molecule has 0 aromatic heterocycles. The Morgan fingerprint density at radius 1 is 1.56 bits per heavy atom. The van der Waals surface area contributed by atoms with Gasteiger partial charge in [-0.05, 0) is 18.2 Å². The predicted octanol–water partition coefficient (Wildman–Crippen LogP) is 1.61. The predicted molar refractivity (Wildman–Crippen MR) is 66.6 cm³/mol. The third-order valence-corrected chi connectivity index (χ3v) is 3.54. The lowest BCUT2D eigenvalue weighted by Crippen LogP contribution is -2.35. The zero-order chi connectivity index (χ0) is 13.3. The molecule has 0 radical (unpaired) electrons. The molecule has 2 atom stereocenters. The maximum Gasteiger partial charge on any atom is 0.321 e. The number of carboxylic acid groups (broad SMARTS) is 1. The molecule has 1 aromatic rings. The van der Waals surface area contributed by atoms with Gasteiger partial charge in [-0.25, -0.2) is 4.39 Å². The molecular weight excluding hydrogens is 305 g/mol. The van der Waals surface area contributed by atoms with Gasteiger partial charge in [0.15, 0.2) is 0 Å². The number of β-amino-alcohol motifs (C(OH)–C–C–N with tert-alkyl or cyclic N) is 1. The number of carbonyl (C=O) groups is 1. The quantitative estimate of drug-likeness (QED) is 0.889. The lowest BCUT2D eigenvalue weighted by atomic mass is 10.1. The molecule has 2 N–H and O–H groups in total. The Hall–Kier alpha value is -0.980. The summed E-state index contributed by atoms with van der Waals surface area (Å²) < 4.78 is 14.3. The van der Waals surface area contributed by atoms with E-state index in [9.17, 15) is 14.3 Å². The van der Waals surface area contributed by atoms with E-state index in [1.807, 2.05) is 0 Å². The first kappa shape index (κ1) is 13.5. The van der Waals surface area contributed by atoms with Crippen molar-refractivity contribution < 1.29 is 19.4 Å². The van der Waals surface area contributed by atoms with E-state index in [0.717, 1.165) is 4.47 Å². The lowest BCUT2D eigenvalue weighted by Gasteiger charge is -2.21. The molecular formula is C12H13BrFNO3. The van der Waals surface area contributed by atoms with Crippen LogP contribution in [0.2, 0.25) is 0 Å². The third-order valence-electron chi connectivity index (χ3n) is 3.05. The molecule has 0 amide bonds. The number of likely N-dealkylation sites (tertiary alicyclic amines) is 1. The maximum absolute atomic E-state index is 13.6. The molecule has 98 valence electrons. The van der Waals surface area contributed by atoms with Crippen LogP contribution in [0.4, 0.5) is 4.39 Å². The number of aliphatic hydroxyl groups is 1.